The van der Waals surface area contributed by atoms with E-state index in [1.807, 2.05) is 43.3 Å². The van der Waals surface area contributed by atoms with Gasteiger partial charge in [-0.3, -0.25) is 4.79 Å². The third kappa shape index (κ3) is 5.17. The molecule has 0 aliphatic carbocycles. The first-order valence-corrected chi connectivity index (χ1v) is 11.3. The van der Waals surface area contributed by atoms with Crippen LogP contribution < -0.4 is 5.32 Å². The molecule has 0 radical (unpaired) electrons. The number of hydrogen-bond acceptors (Lipinski definition) is 6. The van der Waals surface area contributed by atoms with Crippen LogP contribution in [0.1, 0.15) is 5.69 Å². The highest BCUT2D eigenvalue weighted by atomic mass is 32.2. The van der Waals surface area contributed by atoms with E-state index in [9.17, 15) is 13.2 Å². The van der Waals surface area contributed by atoms with Crippen LogP contribution in [-0.4, -0.2) is 36.3 Å². The number of anilines is 1. The molecule has 0 atom stereocenters. The highest BCUT2D eigenvalue weighted by Crippen LogP contribution is 2.23. The van der Waals surface area contributed by atoms with E-state index in [0.717, 1.165) is 23.2 Å². The van der Waals surface area contributed by atoms with Gasteiger partial charge in [0.15, 0.2) is 15.0 Å². The average Bonchev–Trinajstić information content (AvgIpc) is 2.66. The van der Waals surface area contributed by atoms with Crippen molar-refractivity contribution in [2.75, 3.05) is 17.3 Å². The van der Waals surface area contributed by atoms with Gasteiger partial charge >= 0.3 is 0 Å². The van der Waals surface area contributed by atoms with E-state index >= 15 is 0 Å². The molecule has 1 aromatic heterocycles. The summed E-state index contributed by atoms with van der Waals surface area (Å²) in [7, 11) is -3.43. The van der Waals surface area contributed by atoms with Crippen molar-refractivity contribution in [3.63, 3.8) is 0 Å². The Morgan fingerprint density at radius 1 is 1.04 bits per heavy atom. The third-order valence-corrected chi connectivity index (χ3v) is 5.80. The van der Waals surface area contributed by atoms with Gasteiger partial charge in [0.25, 0.3) is 0 Å². The lowest BCUT2D eigenvalue weighted by atomic mass is 10.1. The molecule has 6 nitrogen and oxygen atoms in total. The summed E-state index contributed by atoms with van der Waals surface area (Å²) >= 11 is 1.20. The van der Waals surface area contributed by atoms with E-state index in [0.29, 0.717) is 5.16 Å². The lowest BCUT2D eigenvalue weighted by Gasteiger charge is -2.10. The molecule has 0 saturated carbocycles. The van der Waals surface area contributed by atoms with Crippen molar-refractivity contribution in [3.05, 3.63) is 66.4 Å². The first-order valence-electron chi connectivity index (χ1n) is 8.46. The third-order valence-electron chi connectivity index (χ3n) is 3.80. The summed E-state index contributed by atoms with van der Waals surface area (Å²) in [5, 5.41) is 3.14. The van der Waals surface area contributed by atoms with Crippen LogP contribution in [0.3, 0.4) is 0 Å². The van der Waals surface area contributed by atoms with E-state index in [4.69, 9.17) is 0 Å². The first-order chi connectivity index (χ1) is 13.3. The highest BCUT2D eigenvalue weighted by molar-refractivity contribution is 7.99. The number of thioether (sulfide) groups is 1. The van der Waals surface area contributed by atoms with E-state index in [1.165, 1.54) is 17.8 Å². The maximum absolute atomic E-state index is 12.3. The Labute approximate surface area is 168 Å². The van der Waals surface area contributed by atoms with Gasteiger partial charge in [0, 0.05) is 17.5 Å². The molecule has 0 bridgehead atoms. The lowest BCUT2D eigenvalue weighted by molar-refractivity contribution is -0.113. The van der Waals surface area contributed by atoms with Crippen molar-refractivity contribution in [3.8, 4) is 11.3 Å². The van der Waals surface area contributed by atoms with Crippen LogP contribution in [0.5, 0.6) is 0 Å². The zero-order valence-corrected chi connectivity index (χ0v) is 17.0. The van der Waals surface area contributed by atoms with Crippen molar-refractivity contribution in [1.29, 1.82) is 0 Å². The molecule has 8 heteroatoms. The fraction of sp³-hybridized carbons (Fsp3) is 0.150. The minimum Gasteiger partial charge on any atom is -0.324 e. The summed E-state index contributed by atoms with van der Waals surface area (Å²) in [4.78, 5) is 21.3. The molecule has 2 aromatic carbocycles. The van der Waals surface area contributed by atoms with E-state index < -0.39 is 9.84 Å². The molecule has 0 spiro atoms. The Bertz CT molecular complexity index is 1100. The number of carbonyl (C=O) groups excluding carboxylic acids is 1. The second-order valence-electron chi connectivity index (χ2n) is 6.15. The zero-order chi connectivity index (χ0) is 20.1. The van der Waals surface area contributed by atoms with Crippen LogP contribution in [0.4, 0.5) is 5.69 Å². The Hall–Kier alpha value is -2.71. The number of aryl methyl sites for hydroxylation is 1. The number of amides is 1. The van der Waals surface area contributed by atoms with Crippen molar-refractivity contribution < 1.29 is 13.2 Å². The summed E-state index contributed by atoms with van der Waals surface area (Å²) < 4.78 is 23.7. The predicted molar refractivity (Wildman–Crippen MR) is 111 cm³/mol. The maximum Gasteiger partial charge on any atom is 0.234 e. The number of para-hydroxylation sites is 1. The quantitative estimate of drug-likeness (QED) is 0.491. The SMILES string of the molecule is Cc1cc(-c2ccccc2)nc(SCC(=O)Nc2ccccc2S(C)(=O)=O)n1. The van der Waals surface area contributed by atoms with Gasteiger partial charge in [-0.25, -0.2) is 18.4 Å². The number of nitrogens with one attached hydrogen (secondary N) is 1. The van der Waals surface area contributed by atoms with Gasteiger partial charge in [0.1, 0.15) is 0 Å². The topological polar surface area (TPSA) is 89.0 Å². The van der Waals surface area contributed by atoms with Gasteiger partial charge in [0.2, 0.25) is 5.91 Å². The molecule has 1 amide bonds. The zero-order valence-electron chi connectivity index (χ0n) is 15.4. The number of nitrogens with zero attached hydrogens (tertiary/aromatic N) is 2. The molecule has 28 heavy (non-hydrogen) atoms. The second kappa shape index (κ2) is 8.53. The van der Waals surface area contributed by atoms with E-state index in [2.05, 4.69) is 15.3 Å². The Morgan fingerprint density at radius 2 is 1.71 bits per heavy atom. The molecule has 1 N–H and O–H groups in total. The first kappa shape index (κ1) is 20.0. The largest absolute Gasteiger partial charge is 0.324 e. The minimum atomic E-state index is -3.43. The molecule has 3 aromatic rings. The summed E-state index contributed by atoms with van der Waals surface area (Å²) in [5.41, 5.74) is 2.84. The predicted octanol–water partition coefficient (Wildman–Crippen LogP) is 3.59. The Kier molecular flexibility index (Phi) is 6.11. The molecule has 0 saturated heterocycles. The molecule has 0 aliphatic heterocycles. The van der Waals surface area contributed by atoms with Gasteiger partial charge < -0.3 is 5.32 Å². The van der Waals surface area contributed by atoms with Gasteiger partial charge in [-0.15, -0.1) is 0 Å². The number of benzene rings is 2. The molecule has 0 aliphatic rings. The van der Waals surface area contributed by atoms with Crippen molar-refractivity contribution in [2.24, 2.45) is 0 Å². The maximum atomic E-state index is 12.3. The highest BCUT2D eigenvalue weighted by Gasteiger charge is 2.15. The van der Waals surface area contributed by atoms with Crippen LogP contribution >= 0.6 is 11.8 Å². The lowest BCUT2D eigenvalue weighted by Crippen LogP contribution is -2.16. The number of aromatic nitrogens is 2. The summed E-state index contributed by atoms with van der Waals surface area (Å²) in [6, 6.07) is 17.9. The Balaban J connectivity index is 1.72. The van der Waals surface area contributed by atoms with Crippen LogP contribution in [0.25, 0.3) is 11.3 Å². The van der Waals surface area contributed by atoms with E-state index in [1.54, 1.807) is 18.2 Å². The van der Waals surface area contributed by atoms with Crippen molar-refractivity contribution in [2.45, 2.75) is 17.0 Å². The van der Waals surface area contributed by atoms with Gasteiger partial charge in [-0.05, 0) is 25.1 Å². The average molecular weight is 414 g/mol. The van der Waals surface area contributed by atoms with Gasteiger partial charge in [-0.2, -0.15) is 0 Å². The van der Waals surface area contributed by atoms with Crippen LogP contribution in [-0.2, 0) is 14.6 Å². The standard InChI is InChI=1S/C20H19N3O3S2/c1-14-12-17(15-8-4-3-5-9-15)23-20(21-14)27-13-19(24)22-16-10-6-7-11-18(16)28(2,25)26/h3-12H,13H2,1-2H3,(H,22,24). The molecule has 144 valence electrons. The Morgan fingerprint density at radius 3 is 2.43 bits per heavy atom. The van der Waals surface area contributed by atoms with E-state index in [-0.39, 0.29) is 22.2 Å². The number of sulfone groups is 1. The normalized spacial score (nSPS) is 11.2. The summed E-state index contributed by atoms with van der Waals surface area (Å²) in [6.07, 6.45) is 1.11. The summed E-state index contributed by atoms with van der Waals surface area (Å²) in [5.74, 6) is -0.261. The van der Waals surface area contributed by atoms with Crippen molar-refractivity contribution >= 4 is 33.2 Å². The molecule has 0 fully saturated rings. The molecule has 0 unspecified atom stereocenters. The van der Waals surface area contributed by atoms with Crippen molar-refractivity contribution in [1.82, 2.24) is 9.97 Å². The van der Waals surface area contributed by atoms with Crippen LogP contribution in [0.2, 0.25) is 0 Å². The van der Waals surface area contributed by atoms with Crippen LogP contribution in [0, 0.1) is 6.92 Å². The summed E-state index contributed by atoms with van der Waals surface area (Å²) in [6.45, 7) is 1.88. The molecular formula is C20H19N3O3S2. The minimum absolute atomic E-state index is 0.0653. The number of hydrogen-bond donors (Lipinski definition) is 1. The molecule has 1 heterocycles. The molecule has 3 rings (SSSR count). The smallest absolute Gasteiger partial charge is 0.234 e. The van der Waals surface area contributed by atoms with Gasteiger partial charge in [0.05, 0.1) is 22.0 Å². The second-order valence-corrected chi connectivity index (χ2v) is 9.07. The monoisotopic (exact) mass is 413 g/mol. The number of rotatable bonds is 6. The van der Waals surface area contributed by atoms with Gasteiger partial charge in [-0.1, -0.05) is 54.2 Å². The molecular weight excluding hydrogens is 394 g/mol. The fourth-order valence-electron chi connectivity index (χ4n) is 2.57. The van der Waals surface area contributed by atoms with Crippen LogP contribution in [0.15, 0.2) is 70.7 Å². The fourth-order valence-corrected chi connectivity index (χ4v) is 4.12. The number of carbonyl (C=O) groups is 1.